The molecule has 7 heteroatoms. The molecule has 0 saturated carbocycles. The van der Waals surface area contributed by atoms with Gasteiger partial charge in [-0.05, 0) is 43.2 Å². The Hall–Kier alpha value is -3.12. The van der Waals surface area contributed by atoms with Gasteiger partial charge in [0.1, 0.15) is 23.1 Å². The van der Waals surface area contributed by atoms with Gasteiger partial charge < -0.3 is 15.4 Å². The van der Waals surface area contributed by atoms with Gasteiger partial charge in [-0.15, -0.1) is 0 Å². The molecule has 144 valence electrons. The lowest BCUT2D eigenvalue weighted by atomic mass is 10.1. The van der Waals surface area contributed by atoms with Crippen LogP contribution < -0.4 is 15.4 Å². The largest absolute Gasteiger partial charge is 0.497 e. The molecule has 0 unspecified atom stereocenters. The molecule has 0 saturated heterocycles. The molecule has 0 fully saturated rings. The fraction of sp³-hybridized carbons (Fsp3) is 0.190. The van der Waals surface area contributed by atoms with E-state index in [1.807, 2.05) is 48.5 Å². The van der Waals surface area contributed by atoms with Gasteiger partial charge >= 0.3 is 0 Å². The number of benzene rings is 2. The molecule has 0 bridgehead atoms. The van der Waals surface area contributed by atoms with Crippen LogP contribution in [-0.4, -0.2) is 29.5 Å². The number of hydrogen-bond acceptors (Lipinski definition) is 5. The zero-order chi connectivity index (χ0) is 19.9. The van der Waals surface area contributed by atoms with Crippen molar-refractivity contribution in [1.29, 1.82) is 0 Å². The van der Waals surface area contributed by atoms with E-state index in [2.05, 4.69) is 20.6 Å². The Morgan fingerprint density at radius 1 is 1.11 bits per heavy atom. The highest BCUT2D eigenvalue weighted by atomic mass is 35.5. The molecule has 1 heterocycles. The summed E-state index contributed by atoms with van der Waals surface area (Å²) < 4.78 is 5.22. The quantitative estimate of drug-likeness (QED) is 0.627. The van der Waals surface area contributed by atoms with Gasteiger partial charge in [0.05, 0.1) is 7.11 Å². The number of hydrogen-bond donors (Lipinski definition) is 2. The molecular formula is C21H21ClN4O2. The lowest BCUT2D eigenvalue weighted by Crippen LogP contribution is -2.27. The molecule has 0 aliphatic carbocycles. The summed E-state index contributed by atoms with van der Waals surface area (Å²) >= 11 is 5.88. The maximum Gasteiger partial charge on any atom is 0.270 e. The Morgan fingerprint density at radius 3 is 2.64 bits per heavy atom. The number of carbonyl (C=O) groups is 1. The van der Waals surface area contributed by atoms with Crippen LogP contribution in [0.25, 0.3) is 0 Å². The van der Waals surface area contributed by atoms with E-state index in [1.54, 1.807) is 20.1 Å². The lowest BCUT2D eigenvalue weighted by molar-refractivity contribution is 0.0949. The zero-order valence-electron chi connectivity index (χ0n) is 15.7. The van der Waals surface area contributed by atoms with E-state index >= 15 is 0 Å². The fourth-order valence-electron chi connectivity index (χ4n) is 2.66. The summed E-state index contributed by atoms with van der Waals surface area (Å²) in [6, 6.07) is 16.7. The topological polar surface area (TPSA) is 76.1 Å². The van der Waals surface area contributed by atoms with Gasteiger partial charge in [-0.3, -0.25) is 4.79 Å². The minimum absolute atomic E-state index is 0.242. The van der Waals surface area contributed by atoms with Crippen molar-refractivity contribution in [1.82, 2.24) is 15.3 Å². The molecule has 28 heavy (non-hydrogen) atoms. The summed E-state index contributed by atoms with van der Waals surface area (Å²) in [5, 5.41) is 6.76. The number of carbonyl (C=O) groups excluding carboxylic acids is 1. The van der Waals surface area contributed by atoms with Crippen molar-refractivity contribution in [2.24, 2.45) is 0 Å². The molecule has 1 aromatic heterocycles. The zero-order valence-corrected chi connectivity index (χ0v) is 16.5. The van der Waals surface area contributed by atoms with E-state index in [1.165, 1.54) is 0 Å². The van der Waals surface area contributed by atoms with E-state index in [9.17, 15) is 4.79 Å². The summed E-state index contributed by atoms with van der Waals surface area (Å²) in [6.07, 6.45) is 0.710. The predicted molar refractivity (Wildman–Crippen MR) is 111 cm³/mol. The third kappa shape index (κ3) is 5.44. The van der Waals surface area contributed by atoms with Crippen LogP contribution in [0.1, 0.15) is 21.9 Å². The van der Waals surface area contributed by atoms with Gasteiger partial charge in [0.15, 0.2) is 0 Å². The lowest BCUT2D eigenvalue weighted by Gasteiger charge is -2.10. The van der Waals surface area contributed by atoms with Crippen molar-refractivity contribution >= 4 is 29.0 Å². The number of nitrogens with one attached hydrogen (secondary N) is 2. The molecule has 0 atom stereocenters. The van der Waals surface area contributed by atoms with Crippen molar-refractivity contribution in [3.8, 4) is 5.75 Å². The van der Waals surface area contributed by atoms with Crippen LogP contribution in [-0.2, 0) is 6.42 Å². The summed E-state index contributed by atoms with van der Waals surface area (Å²) in [5.41, 5.74) is 2.23. The number of nitrogens with zero attached hydrogens (tertiary/aromatic N) is 2. The summed E-state index contributed by atoms with van der Waals surface area (Å²) in [6.45, 7) is 2.25. The SMILES string of the molecule is COc1cccc(Nc2cc(C(=O)NCCc3ccc(Cl)cc3)nc(C)n2)c1. The molecule has 0 spiro atoms. The van der Waals surface area contributed by atoms with Crippen molar-refractivity contribution in [2.75, 3.05) is 19.0 Å². The Labute approximate surface area is 168 Å². The Bertz CT molecular complexity index is 961. The second-order valence-electron chi connectivity index (χ2n) is 6.17. The van der Waals surface area contributed by atoms with Gasteiger partial charge in [-0.2, -0.15) is 0 Å². The van der Waals surface area contributed by atoms with Crippen molar-refractivity contribution in [2.45, 2.75) is 13.3 Å². The van der Waals surface area contributed by atoms with E-state index in [-0.39, 0.29) is 5.91 Å². The first-order valence-electron chi connectivity index (χ1n) is 8.83. The minimum atomic E-state index is -0.242. The van der Waals surface area contributed by atoms with Crippen LogP contribution in [0.3, 0.4) is 0 Å². The van der Waals surface area contributed by atoms with Crippen LogP contribution in [0, 0.1) is 6.92 Å². The van der Waals surface area contributed by atoms with E-state index in [0.29, 0.717) is 35.3 Å². The molecule has 0 radical (unpaired) electrons. The molecule has 6 nitrogen and oxygen atoms in total. The van der Waals surface area contributed by atoms with Crippen LogP contribution in [0.4, 0.5) is 11.5 Å². The highest BCUT2D eigenvalue weighted by Crippen LogP contribution is 2.20. The second-order valence-corrected chi connectivity index (χ2v) is 6.61. The summed E-state index contributed by atoms with van der Waals surface area (Å²) in [4.78, 5) is 21.1. The van der Waals surface area contributed by atoms with Crippen LogP contribution in [0.2, 0.25) is 5.02 Å². The predicted octanol–water partition coefficient (Wildman–Crippen LogP) is 4.16. The molecule has 3 aromatic rings. The average Bonchev–Trinajstić information content (AvgIpc) is 2.69. The van der Waals surface area contributed by atoms with Gasteiger partial charge in [-0.1, -0.05) is 29.8 Å². The monoisotopic (exact) mass is 396 g/mol. The standard InChI is InChI=1S/C21H21ClN4O2/c1-14-24-19(21(27)23-11-10-15-6-8-16(22)9-7-15)13-20(25-14)26-17-4-3-5-18(12-17)28-2/h3-9,12-13H,10-11H2,1-2H3,(H,23,27)(H,24,25,26). The van der Waals surface area contributed by atoms with Crippen LogP contribution in [0.5, 0.6) is 5.75 Å². The number of anilines is 2. The number of aromatic nitrogens is 2. The first-order valence-corrected chi connectivity index (χ1v) is 9.21. The number of rotatable bonds is 7. The number of halogens is 1. The van der Waals surface area contributed by atoms with Crippen molar-refractivity contribution in [3.63, 3.8) is 0 Å². The number of ether oxygens (including phenoxy) is 1. The molecular weight excluding hydrogens is 376 g/mol. The Kier molecular flexibility index (Phi) is 6.45. The highest BCUT2D eigenvalue weighted by Gasteiger charge is 2.11. The van der Waals surface area contributed by atoms with Crippen molar-refractivity contribution in [3.05, 3.63) is 76.7 Å². The molecule has 2 aromatic carbocycles. The summed E-state index contributed by atoms with van der Waals surface area (Å²) in [5.74, 6) is 1.54. The number of methoxy groups -OCH3 is 1. The second kappa shape index (κ2) is 9.19. The van der Waals surface area contributed by atoms with Crippen LogP contribution in [0.15, 0.2) is 54.6 Å². The number of amides is 1. The van der Waals surface area contributed by atoms with E-state index in [4.69, 9.17) is 16.3 Å². The van der Waals surface area contributed by atoms with E-state index < -0.39 is 0 Å². The number of aryl methyl sites for hydroxylation is 1. The Morgan fingerprint density at radius 2 is 1.89 bits per heavy atom. The highest BCUT2D eigenvalue weighted by molar-refractivity contribution is 6.30. The van der Waals surface area contributed by atoms with Gasteiger partial charge in [-0.25, -0.2) is 9.97 Å². The molecule has 1 amide bonds. The summed E-state index contributed by atoms with van der Waals surface area (Å²) in [7, 11) is 1.61. The van der Waals surface area contributed by atoms with Crippen LogP contribution >= 0.6 is 11.6 Å². The molecule has 3 rings (SSSR count). The third-order valence-electron chi connectivity index (χ3n) is 4.03. The maximum atomic E-state index is 12.5. The normalized spacial score (nSPS) is 10.4. The van der Waals surface area contributed by atoms with Gasteiger partial charge in [0.2, 0.25) is 0 Å². The van der Waals surface area contributed by atoms with Crippen molar-refractivity contribution < 1.29 is 9.53 Å². The van der Waals surface area contributed by atoms with E-state index in [0.717, 1.165) is 17.0 Å². The molecule has 0 aliphatic rings. The first kappa shape index (κ1) is 19.6. The minimum Gasteiger partial charge on any atom is -0.497 e. The maximum absolute atomic E-state index is 12.5. The first-order chi connectivity index (χ1) is 13.5. The van der Waals surface area contributed by atoms with Gasteiger partial charge in [0, 0.05) is 29.4 Å². The molecule has 0 aliphatic heterocycles. The molecule has 2 N–H and O–H groups in total. The Balaban J connectivity index is 1.64. The fourth-order valence-corrected chi connectivity index (χ4v) is 2.78. The van der Waals surface area contributed by atoms with Gasteiger partial charge in [0.25, 0.3) is 5.91 Å². The average molecular weight is 397 g/mol. The third-order valence-corrected chi connectivity index (χ3v) is 4.28. The smallest absolute Gasteiger partial charge is 0.270 e.